The molecule has 0 radical (unpaired) electrons. The second-order valence-corrected chi connectivity index (χ2v) is 3.02. The summed E-state index contributed by atoms with van der Waals surface area (Å²) >= 11 is 5.93. The molecule has 0 atom stereocenters. The van der Waals surface area contributed by atoms with Crippen LogP contribution in [0.15, 0.2) is 24.4 Å². The second kappa shape index (κ2) is 2.28. The summed E-state index contributed by atoms with van der Waals surface area (Å²) in [6.45, 7) is 2.03. The second-order valence-electron chi connectivity index (χ2n) is 2.61. The normalized spacial score (nSPS) is 10.7. The molecule has 2 aromatic rings. The molecule has 1 nitrogen and oxygen atoms in total. The Kier molecular flexibility index (Phi) is 1.40. The Morgan fingerprint density at radius 2 is 2.09 bits per heavy atom. The fraction of sp³-hybridized carbons (Fsp3) is 0.111. The zero-order valence-corrected chi connectivity index (χ0v) is 6.94. The van der Waals surface area contributed by atoms with Crippen molar-refractivity contribution >= 4 is 22.5 Å². The van der Waals surface area contributed by atoms with E-state index < -0.39 is 0 Å². The maximum Gasteiger partial charge on any atom is 0.0457 e. The summed E-state index contributed by atoms with van der Waals surface area (Å²) in [5, 5.41) is 2.04. The first-order chi connectivity index (χ1) is 5.29. The number of aromatic nitrogens is 1. The van der Waals surface area contributed by atoms with Crippen molar-refractivity contribution in [3.63, 3.8) is 0 Å². The molecule has 1 aromatic carbocycles. The molecule has 1 aromatic heterocycles. The van der Waals surface area contributed by atoms with Crippen molar-refractivity contribution in [3.8, 4) is 0 Å². The summed E-state index contributed by atoms with van der Waals surface area (Å²) in [6, 6.07) is 5.94. The number of nitrogens with one attached hydrogen (secondary N) is 1. The highest BCUT2D eigenvalue weighted by Crippen LogP contribution is 2.23. The van der Waals surface area contributed by atoms with Crippen molar-refractivity contribution in [1.82, 2.24) is 4.98 Å². The maximum absolute atomic E-state index is 5.93. The minimum Gasteiger partial charge on any atom is -0.361 e. The van der Waals surface area contributed by atoms with E-state index in [4.69, 9.17) is 11.6 Å². The number of rotatable bonds is 0. The van der Waals surface area contributed by atoms with Crippen molar-refractivity contribution in [2.24, 2.45) is 0 Å². The Bertz CT molecular complexity index is 389. The predicted molar refractivity (Wildman–Crippen MR) is 48.0 cm³/mol. The highest BCUT2D eigenvalue weighted by atomic mass is 35.5. The van der Waals surface area contributed by atoms with Crippen LogP contribution in [0.25, 0.3) is 10.9 Å². The summed E-state index contributed by atoms with van der Waals surface area (Å²) < 4.78 is 0. The molecule has 0 aliphatic rings. The third kappa shape index (κ3) is 0.925. The van der Waals surface area contributed by atoms with Gasteiger partial charge in [0, 0.05) is 22.1 Å². The topological polar surface area (TPSA) is 15.8 Å². The van der Waals surface area contributed by atoms with E-state index in [9.17, 15) is 0 Å². The van der Waals surface area contributed by atoms with Crippen LogP contribution in [0.3, 0.4) is 0 Å². The van der Waals surface area contributed by atoms with Crippen LogP contribution in [0, 0.1) is 6.92 Å². The lowest BCUT2D eigenvalue weighted by Gasteiger charge is -1.97. The van der Waals surface area contributed by atoms with E-state index in [0.717, 1.165) is 16.1 Å². The number of aromatic amines is 1. The van der Waals surface area contributed by atoms with E-state index in [1.165, 1.54) is 5.39 Å². The highest BCUT2D eigenvalue weighted by Gasteiger charge is 2.00. The van der Waals surface area contributed by atoms with Gasteiger partial charge in [0.05, 0.1) is 0 Å². The van der Waals surface area contributed by atoms with Crippen LogP contribution in [0.1, 0.15) is 5.56 Å². The predicted octanol–water partition coefficient (Wildman–Crippen LogP) is 3.13. The molecule has 2 heteroatoms. The van der Waals surface area contributed by atoms with E-state index >= 15 is 0 Å². The van der Waals surface area contributed by atoms with Gasteiger partial charge in [-0.2, -0.15) is 0 Å². The molecule has 0 bridgehead atoms. The van der Waals surface area contributed by atoms with Crippen LogP contribution in [-0.2, 0) is 0 Å². The van der Waals surface area contributed by atoms with E-state index in [1.807, 2.05) is 31.3 Å². The third-order valence-corrected chi connectivity index (χ3v) is 2.35. The van der Waals surface area contributed by atoms with Crippen LogP contribution in [0.2, 0.25) is 5.02 Å². The van der Waals surface area contributed by atoms with Crippen LogP contribution in [0.4, 0.5) is 0 Å². The molecule has 0 unspecified atom stereocenters. The Morgan fingerprint density at radius 3 is 2.91 bits per heavy atom. The maximum atomic E-state index is 5.93. The Hall–Kier alpha value is -0.950. The number of H-pyrrole nitrogens is 1. The zero-order chi connectivity index (χ0) is 7.84. The summed E-state index contributed by atoms with van der Waals surface area (Å²) in [6.07, 6.45) is 1.92. The van der Waals surface area contributed by atoms with Gasteiger partial charge >= 0.3 is 0 Å². The van der Waals surface area contributed by atoms with E-state index in [2.05, 4.69) is 4.98 Å². The largest absolute Gasteiger partial charge is 0.361 e. The Balaban J connectivity index is 2.93. The van der Waals surface area contributed by atoms with E-state index in [-0.39, 0.29) is 0 Å². The molecular weight excluding hydrogens is 158 g/mol. The van der Waals surface area contributed by atoms with Crippen LogP contribution in [-0.4, -0.2) is 4.98 Å². The standard InChI is InChI=1S/C9H8ClN/c1-6-7-4-5-11-9(7)3-2-8(6)10/h2-5,11H,1H3. The first-order valence-corrected chi connectivity index (χ1v) is 3.89. The summed E-state index contributed by atoms with van der Waals surface area (Å²) in [5.74, 6) is 0. The van der Waals surface area contributed by atoms with Gasteiger partial charge in [0.2, 0.25) is 0 Å². The van der Waals surface area contributed by atoms with Crippen molar-refractivity contribution in [2.75, 3.05) is 0 Å². The van der Waals surface area contributed by atoms with Gasteiger partial charge in [0.25, 0.3) is 0 Å². The van der Waals surface area contributed by atoms with Crippen LogP contribution >= 0.6 is 11.6 Å². The van der Waals surface area contributed by atoms with Gasteiger partial charge in [-0.1, -0.05) is 11.6 Å². The number of hydrogen-bond donors (Lipinski definition) is 1. The highest BCUT2D eigenvalue weighted by molar-refractivity contribution is 6.32. The summed E-state index contributed by atoms with van der Waals surface area (Å²) in [4.78, 5) is 3.13. The summed E-state index contributed by atoms with van der Waals surface area (Å²) in [7, 11) is 0. The molecule has 1 N–H and O–H groups in total. The SMILES string of the molecule is Cc1c(Cl)ccc2[nH]ccc12. The first-order valence-electron chi connectivity index (χ1n) is 3.51. The molecule has 2 rings (SSSR count). The molecular formula is C9H8ClN. The minimum absolute atomic E-state index is 0.831. The van der Waals surface area contributed by atoms with Crippen molar-refractivity contribution in [1.29, 1.82) is 0 Å². The Labute approximate surface area is 70.0 Å². The van der Waals surface area contributed by atoms with Crippen molar-refractivity contribution < 1.29 is 0 Å². The van der Waals surface area contributed by atoms with Crippen molar-refractivity contribution in [3.05, 3.63) is 35.0 Å². The number of fused-ring (bicyclic) bond motifs is 1. The molecule has 0 saturated carbocycles. The van der Waals surface area contributed by atoms with Gasteiger partial charge in [0.15, 0.2) is 0 Å². The molecule has 0 spiro atoms. The average molecular weight is 166 g/mol. The fourth-order valence-electron chi connectivity index (χ4n) is 1.26. The molecule has 0 saturated heterocycles. The monoisotopic (exact) mass is 165 g/mol. The number of benzene rings is 1. The number of halogens is 1. The quantitative estimate of drug-likeness (QED) is 0.618. The van der Waals surface area contributed by atoms with Crippen molar-refractivity contribution in [2.45, 2.75) is 6.92 Å². The lowest BCUT2D eigenvalue weighted by Crippen LogP contribution is -1.75. The first kappa shape index (κ1) is 6.74. The minimum atomic E-state index is 0.831. The van der Waals surface area contributed by atoms with E-state index in [0.29, 0.717) is 0 Å². The lowest BCUT2D eigenvalue weighted by atomic mass is 10.1. The van der Waals surface area contributed by atoms with Gasteiger partial charge in [-0.05, 0) is 30.7 Å². The average Bonchev–Trinajstić information content (AvgIpc) is 2.45. The Morgan fingerprint density at radius 1 is 1.27 bits per heavy atom. The molecule has 0 aliphatic heterocycles. The third-order valence-electron chi connectivity index (χ3n) is 1.94. The molecule has 0 fully saturated rings. The van der Waals surface area contributed by atoms with Crippen LogP contribution < -0.4 is 0 Å². The van der Waals surface area contributed by atoms with E-state index in [1.54, 1.807) is 0 Å². The lowest BCUT2D eigenvalue weighted by molar-refractivity contribution is 1.47. The molecule has 11 heavy (non-hydrogen) atoms. The number of hydrogen-bond acceptors (Lipinski definition) is 0. The molecule has 56 valence electrons. The van der Waals surface area contributed by atoms with Gasteiger partial charge in [0.1, 0.15) is 0 Å². The smallest absolute Gasteiger partial charge is 0.0457 e. The molecule has 0 amide bonds. The fourth-order valence-corrected chi connectivity index (χ4v) is 1.42. The van der Waals surface area contributed by atoms with Crippen LogP contribution in [0.5, 0.6) is 0 Å². The molecule has 0 aliphatic carbocycles. The zero-order valence-electron chi connectivity index (χ0n) is 6.19. The van der Waals surface area contributed by atoms with Gasteiger partial charge < -0.3 is 4.98 Å². The molecule has 1 heterocycles. The summed E-state index contributed by atoms with van der Waals surface area (Å²) in [5.41, 5.74) is 2.29. The van der Waals surface area contributed by atoms with Gasteiger partial charge in [-0.15, -0.1) is 0 Å². The van der Waals surface area contributed by atoms with Gasteiger partial charge in [-0.3, -0.25) is 0 Å². The van der Waals surface area contributed by atoms with Gasteiger partial charge in [-0.25, -0.2) is 0 Å². The number of aryl methyl sites for hydroxylation is 1.